The first kappa shape index (κ1) is 14.7. The summed E-state index contributed by atoms with van der Waals surface area (Å²) in [7, 11) is 0. The molecule has 19 heavy (non-hydrogen) atoms. The molecule has 2 heterocycles. The van der Waals surface area contributed by atoms with Crippen molar-refractivity contribution in [2.45, 2.75) is 19.1 Å². The van der Waals surface area contributed by atoms with Crippen molar-refractivity contribution in [3.8, 4) is 0 Å². The number of aromatic nitrogens is 1. The highest BCUT2D eigenvalue weighted by Crippen LogP contribution is 2.21. The van der Waals surface area contributed by atoms with E-state index < -0.39 is 0 Å². The van der Waals surface area contributed by atoms with Crippen LogP contribution in [-0.2, 0) is 4.74 Å². The first-order chi connectivity index (χ1) is 9.01. The van der Waals surface area contributed by atoms with E-state index in [9.17, 15) is 4.79 Å². The minimum absolute atomic E-state index is 0.113. The average molecular weight is 350 g/mol. The van der Waals surface area contributed by atoms with Crippen LogP contribution >= 0.6 is 27.5 Å². The Morgan fingerprint density at radius 2 is 2.42 bits per heavy atom. The molecule has 0 saturated carbocycles. The molecular formula is C12H14BrClN2O3. The smallest absolute Gasteiger partial charge is 0.257 e. The minimum atomic E-state index is -0.355. The number of pyridine rings is 1. The summed E-state index contributed by atoms with van der Waals surface area (Å²) in [5, 5.41) is 9.34. The van der Waals surface area contributed by atoms with Gasteiger partial charge in [-0.2, -0.15) is 0 Å². The molecule has 2 unspecified atom stereocenters. The molecule has 0 aromatic carbocycles. The topological polar surface area (TPSA) is 62.7 Å². The molecule has 1 amide bonds. The molecule has 2 rings (SSSR count). The fraction of sp³-hybridized carbons (Fsp3) is 0.500. The number of aliphatic hydroxyl groups excluding tert-OH is 1. The largest absolute Gasteiger partial charge is 0.394 e. The molecule has 0 radical (unpaired) electrons. The third-order valence-corrected chi connectivity index (χ3v) is 3.59. The number of rotatable bonds is 2. The number of hydrogen-bond acceptors (Lipinski definition) is 4. The Balaban J connectivity index is 2.21. The zero-order valence-corrected chi connectivity index (χ0v) is 12.7. The van der Waals surface area contributed by atoms with Crippen molar-refractivity contribution in [1.29, 1.82) is 0 Å². The molecule has 7 heteroatoms. The maximum Gasteiger partial charge on any atom is 0.257 e. The van der Waals surface area contributed by atoms with Gasteiger partial charge in [-0.25, -0.2) is 4.98 Å². The fourth-order valence-corrected chi connectivity index (χ4v) is 2.57. The van der Waals surface area contributed by atoms with Crippen molar-refractivity contribution < 1.29 is 14.6 Å². The number of morpholine rings is 1. The van der Waals surface area contributed by atoms with Gasteiger partial charge in [0.2, 0.25) is 0 Å². The normalized spacial score (nSPS) is 23.5. The van der Waals surface area contributed by atoms with Crippen LogP contribution in [-0.4, -0.2) is 52.8 Å². The van der Waals surface area contributed by atoms with E-state index in [1.54, 1.807) is 11.0 Å². The molecule has 1 N–H and O–H groups in total. The summed E-state index contributed by atoms with van der Waals surface area (Å²) in [4.78, 5) is 18.0. The SMILES string of the molecule is CC1CN(C(=O)c2cc(Br)cnc2Cl)CC(CO)O1. The van der Waals surface area contributed by atoms with Gasteiger partial charge in [0.25, 0.3) is 5.91 Å². The first-order valence-electron chi connectivity index (χ1n) is 5.88. The maximum absolute atomic E-state index is 12.4. The Morgan fingerprint density at radius 1 is 1.68 bits per heavy atom. The maximum atomic E-state index is 12.4. The van der Waals surface area contributed by atoms with Crippen molar-refractivity contribution in [2.24, 2.45) is 0 Å². The predicted octanol–water partition coefficient (Wildman–Crippen LogP) is 1.72. The van der Waals surface area contributed by atoms with E-state index in [0.29, 0.717) is 23.1 Å². The van der Waals surface area contributed by atoms with E-state index in [1.165, 1.54) is 6.20 Å². The van der Waals surface area contributed by atoms with Crippen LogP contribution in [0.5, 0.6) is 0 Å². The van der Waals surface area contributed by atoms with Crippen molar-refractivity contribution in [2.75, 3.05) is 19.7 Å². The molecule has 1 aliphatic heterocycles. The lowest BCUT2D eigenvalue weighted by Gasteiger charge is -2.36. The van der Waals surface area contributed by atoms with Crippen LogP contribution in [0.2, 0.25) is 5.15 Å². The highest BCUT2D eigenvalue weighted by molar-refractivity contribution is 9.10. The number of amides is 1. The second kappa shape index (κ2) is 6.17. The molecule has 1 aromatic heterocycles. The second-order valence-electron chi connectivity index (χ2n) is 4.45. The van der Waals surface area contributed by atoms with Crippen LogP contribution in [0.4, 0.5) is 0 Å². The third kappa shape index (κ3) is 3.45. The van der Waals surface area contributed by atoms with Crippen molar-refractivity contribution in [1.82, 2.24) is 9.88 Å². The van der Waals surface area contributed by atoms with Gasteiger partial charge in [-0.15, -0.1) is 0 Å². The van der Waals surface area contributed by atoms with Gasteiger partial charge < -0.3 is 14.7 Å². The van der Waals surface area contributed by atoms with Gasteiger partial charge >= 0.3 is 0 Å². The molecule has 0 aliphatic carbocycles. The third-order valence-electron chi connectivity index (χ3n) is 2.85. The van der Waals surface area contributed by atoms with Crippen LogP contribution in [0.15, 0.2) is 16.7 Å². The summed E-state index contributed by atoms with van der Waals surface area (Å²) in [6.07, 6.45) is 1.07. The molecule has 2 atom stereocenters. The average Bonchev–Trinajstić information content (AvgIpc) is 2.40. The molecule has 0 bridgehead atoms. The zero-order valence-electron chi connectivity index (χ0n) is 10.3. The highest BCUT2D eigenvalue weighted by atomic mass is 79.9. The molecule has 1 fully saturated rings. The van der Waals surface area contributed by atoms with Gasteiger partial charge in [-0.05, 0) is 28.9 Å². The van der Waals surface area contributed by atoms with Crippen molar-refractivity contribution in [3.05, 3.63) is 27.5 Å². The molecule has 1 saturated heterocycles. The second-order valence-corrected chi connectivity index (χ2v) is 5.73. The molecule has 5 nitrogen and oxygen atoms in total. The summed E-state index contributed by atoms with van der Waals surface area (Å²) in [5.74, 6) is -0.201. The van der Waals surface area contributed by atoms with Gasteiger partial charge in [-0.3, -0.25) is 4.79 Å². The van der Waals surface area contributed by atoms with Crippen LogP contribution in [0.25, 0.3) is 0 Å². The van der Waals surface area contributed by atoms with Crippen molar-refractivity contribution in [3.63, 3.8) is 0 Å². The molecule has 104 valence electrons. The van der Waals surface area contributed by atoms with E-state index in [1.807, 2.05) is 6.92 Å². The summed E-state index contributed by atoms with van der Waals surface area (Å²) >= 11 is 9.23. The van der Waals surface area contributed by atoms with Gasteiger partial charge in [0.15, 0.2) is 0 Å². The van der Waals surface area contributed by atoms with Gasteiger partial charge in [0.05, 0.1) is 24.4 Å². The molecule has 1 aliphatic rings. The van der Waals surface area contributed by atoms with Gasteiger partial charge in [-0.1, -0.05) is 11.6 Å². The van der Waals surface area contributed by atoms with Crippen LogP contribution in [0.3, 0.4) is 0 Å². The number of nitrogens with zero attached hydrogens (tertiary/aromatic N) is 2. The lowest BCUT2D eigenvalue weighted by Crippen LogP contribution is -2.50. The molecule has 1 aromatic rings. The van der Waals surface area contributed by atoms with Crippen LogP contribution < -0.4 is 0 Å². The summed E-state index contributed by atoms with van der Waals surface area (Å²) in [5.41, 5.74) is 0.349. The minimum Gasteiger partial charge on any atom is -0.394 e. The summed E-state index contributed by atoms with van der Waals surface area (Å²) in [6.45, 7) is 2.57. The number of halogens is 2. The fourth-order valence-electron chi connectivity index (χ4n) is 2.05. The number of ether oxygens (including phenoxy) is 1. The molecular weight excluding hydrogens is 336 g/mol. The van der Waals surface area contributed by atoms with Gasteiger partial charge in [0, 0.05) is 23.8 Å². The molecule has 0 spiro atoms. The number of aliphatic hydroxyl groups is 1. The lowest BCUT2D eigenvalue weighted by molar-refractivity contribution is -0.0858. The zero-order chi connectivity index (χ0) is 14.0. The van der Waals surface area contributed by atoms with Crippen molar-refractivity contribution >= 4 is 33.4 Å². The van der Waals surface area contributed by atoms with E-state index in [2.05, 4.69) is 20.9 Å². The van der Waals surface area contributed by atoms with Crippen LogP contribution in [0, 0.1) is 0 Å². The van der Waals surface area contributed by atoms with E-state index in [0.717, 1.165) is 0 Å². The van der Waals surface area contributed by atoms with E-state index >= 15 is 0 Å². The highest BCUT2D eigenvalue weighted by Gasteiger charge is 2.29. The Morgan fingerprint density at radius 3 is 3.11 bits per heavy atom. The lowest BCUT2D eigenvalue weighted by atomic mass is 10.2. The predicted molar refractivity (Wildman–Crippen MR) is 74.3 cm³/mol. The Labute approximate surface area is 124 Å². The number of hydrogen-bond donors (Lipinski definition) is 1. The first-order valence-corrected chi connectivity index (χ1v) is 7.05. The summed E-state index contributed by atoms with van der Waals surface area (Å²) in [6, 6.07) is 1.64. The van der Waals surface area contributed by atoms with E-state index in [-0.39, 0.29) is 29.9 Å². The monoisotopic (exact) mass is 348 g/mol. The standard InChI is InChI=1S/C12H14BrClN2O3/c1-7-4-16(5-9(6-17)19-7)12(18)10-2-8(13)3-15-11(10)14/h2-3,7,9,17H,4-6H2,1H3. The Hall–Kier alpha value is -0.690. The quantitative estimate of drug-likeness (QED) is 0.826. The number of carbonyl (C=O) groups excluding carboxylic acids is 1. The summed E-state index contributed by atoms with van der Waals surface area (Å²) < 4.78 is 6.20. The van der Waals surface area contributed by atoms with E-state index in [4.69, 9.17) is 21.4 Å². The van der Waals surface area contributed by atoms with Crippen LogP contribution in [0.1, 0.15) is 17.3 Å². The van der Waals surface area contributed by atoms with Gasteiger partial charge in [0.1, 0.15) is 5.15 Å². The Kier molecular flexibility index (Phi) is 4.78. The number of carbonyl (C=O) groups is 1. The Bertz CT molecular complexity index is 486.